The molecule has 1 amide bonds. The van der Waals surface area contributed by atoms with Gasteiger partial charge in [0.15, 0.2) is 0 Å². The van der Waals surface area contributed by atoms with E-state index in [2.05, 4.69) is 17.6 Å². The predicted octanol–water partition coefficient (Wildman–Crippen LogP) is 2.67. The number of anilines is 1. The Morgan fingerprint density at radius 1 is 1.53 bits per heavy atom. The molecule has 0 atom stereocenters. The van der Waals surface area contributed by atoms with E-state index >= 15 is 0 Å². The van der Waals surface area contributed by atoms with Crippen LogP contribution in [0.4, 0.5) is 10.6 Å². The summed E-state index contributed by atoms with van der Waals surface area (Å²) in [4.78, 5) is 18.6. The number of amides is 1. The highest BCUT2D eigenvalue weighted by atomic mass is 32.1. The zero-order valence-corrected chi connectivity index (χ0v) is 11.1. The first-order valence-electron chi connectivity index (χ1n) is 5.56. The molecule has 1 aliphatic heterocycles. The van der Waals surface area contributed by atoms with Crippen molar-refractivity contribution in [2.75, 3.05) is 11.4 Å². The minimum absolute atomic E-state index is 0.345. The van der Waals surface area contributed by atoms with Gasteiger partial charge >= 0.3 is 6.09 Å². The minimum atomic E-state index is -0.488. The Balaban J connectivity index is 2.23. The Morgan fingerprint density at radius 2 is 2.24 bits per heavy atom. The van der Waals surface area contributed by atoms with Gasteiger partial charge in [-0.25, -0.2) is 9.78 Å². The molecule has 0 saturated carbocycles. The number of ether oxygens (including phenoxy) is 1. The highest BCUT2D eigenvalue weighted by molar-refractivity contribution is 7.80. The topological polar surface area (TPSA) is 42.4 Å². The van der Waals surface area contributed by atoms with Gasteiger partial charge < -0.3 is 4.74 Å². The van der Waals surface area contributed by atoms with Gasteiger partial charge in [-0.1, -0.05) is 0 Å². The van der Waals surface area contributed by atoms with Crippen LogP contribution in [0.15, 0.2) is 17.2 Å². The second-order valence-corrected chi connectivity index (χ2v) is 5.50. The van der Waals surface area contributed by atoms with Crippen LogP contribution in [0.1, 0.15) is 26.3 Å². The molecule has 0 bridgehead atoms. The summed E-state index contributed by atoms with van der Waals surface area (Å²) in [5.74, 6) is 0.673. The van der Waals surface area contributed by atoms with Crippen LogP contribution < -0.4 is 4.90 Å². The van der Waals surface area contributed by atoms with Crippen molar-refractivity contribution in [2.45, 2.75) is 37.7 Å². The van der Waals surface area contributed by atoms with E-state index in [1.807, 2.05) is 26.8 Å². The summed E-state index contributed by atoms with van der Waals surface area (Å²) in [5.41, 5.74) is 0.528. The van der Waals surface area contributed by atoms with Gasteiger partial charge in [0.25, 0.3) is 0 Å². The van der Waals surface area contributed by atoms with E-state index < -0.39 is 5.60 Å². The van der Waals surface area contributed by atoms with Gasteiger partial charge in [-0.2, -0.15) is 0 Å². The van der Waals surface area contributed by atoms with Gasteiger partial charge in [-0.05, 0) is 33.3 Å². The zero-order chi connectivity index (χ0) is 12.6. The van der Waals surface area contributed by atoms with Crippen molar-refractivity contribution in [1.29, 1.82) is 0 Å². The quantitative estimate of drug-likeness (QED) is 0.722. The molecule has 17 heavy (non-hydrogen) atoms. The van der Waals surface area contributed by atoms with Gasteiger partial charge in [0.1, 0.15) is 11.4 Å². The average molecular weight is 252 g/mol. The number of pyridine rings is 1. The van der Waals surface area contributed by atoms with Gasteiger partial charge in [0, 0.05) is 23.2 Å². The monoisotopic (exact) mass is 252 g/mol. The lowest BCUT2D eigenvalue weighted by Crippen LogP contribution is -2.36. The van der Waals surface area contributed by atoms with Gasteiger partial charge in [-0.3, -0.25) is 4.90 Å². The third-order valence-corrected chi connectivity index (χ3v) is 2.88. The van der Waals surface area contributed by atoms with Crippen LogP contribution >= 0.6 is 12.6 Å². The van der Waals surface area contributed by atoms with Crippen molar-refractivity contribution in [3.8, 4) is 0 Å². The van der Waals surface area contributed by atoms with E-state index in [0.717, 1.165) is 16.9 Å². The van der Waals surface area contributed by atoms with Crippen LogP contribution in [0.2, 0.25) is 0 Å². The molecule has 92 valence electrons. The second kappa shape index (κ2) is 4.22. The molecule has 1 aromatic rings. The number of aromatic nitrogens is 1. The summed E-state index contributed by atoms with van der Waals surface area (Å²) < 4.78 is 5.34. The number of carbonyl (C=O) groups excluding carboxylic acids is 1. The molecule has 0 fully saturated rings. The maximum absolute atomic E-state index is 12.0. The zero-order valence-electron chi connectivity index (χ0n) is 10.2. The standard InChI is InChI=1S/C12H16N2O2S/c1-12(2,3)16-11(15)14-7-5-8-9(17)4-6-13-10(8)14/h4,6H,5,7H2,1-3H3,(H,13,17). The van der Waals surface area contributed by atoms with Crippen LogP contribution in [-0.2, 0) is 11.2 Å². The highest BCUT2D eigenvalue weighted by Gasteiger charge is 2.30. The van der Waals surface area contributed by atoms with Crippen LogP contribution in [0, 0.1) is 0 Å². The summed E-state index contributed by atoms with van der Waals surface area (Å²) in [5, 5.41) is 0. The van der Waals surface area contributed by atoms with Crippen molar-refractivity contribution >= 4 is 24.5 Å². The Hall–Kier alpha value is -1.23. The number of carbonyl (C=O) groups is 1. The van der Waals surface area contributed by atoms with Crippen LogP contribution in [-0.4, -0.2) is 23.2 Å². The smallest absolute Gasteiger partial charge is 0.416 e. The summed E-state index contributed by atoms with van der Waals surface area (Å²) in [7, 11) is 0. The third kappa shape index (κ3) is 2.54. The molecule has 1 aromatic heterocycles. The molecule has 0 unspecified atom stereocenters. The van der Waals surface area contributed by atoms with Gasteiger partial charge in [0.2, 0.25) is 0 Å². The largest absolute Gasteiger partial charge is 0.443 e. The maximum atomic E-state index is 12.0. The fourth-order valence-electron chi connectivity index (χ4n) is 1.77. The summed E-state index contributed by atoms with van der Waals surface area (Å²) >= 11 is 4.36. The molecule has 0 N–H and O–H groups in total. The first kappa shape index (κ1) is 12.2. The second-order valence-electron chi connectivity index (χ2n) is 5.01. The van der Waals surface area contributed by atoms with E-state index in [4.69, 9.17) is 4.74 Å². The number of thiol groups is 1. The predicted molar refractivity (Wildman–Crippen MR) is 68.8 cm³/mol. The van der Waals surface area contributed by atoms with Crippen LogP contribution in [0.25, 0.3) is 0 Å². The molecule has 5 heteroatoms. The van der Waals surface area contributed by atoms with Gasteiger partial charge in [0.05, 0.1) is 0 Å². The van der Waals surface area contributed by atoms with Crippen molar-refractivity contribution in [2.24, 2.45) is 0 Å². The van der Waals surface area contributed by atoms with Crippen LogP contribution in [0.3, 0.4) is 0 Å². The van der Waals surface area contributed by atoms with Crippen LogP contribution in [0.5, 0.6) is 0 Å². The van der Waals surface area contributed by atoms with E-state index in [9.17, 15) is 4.79 Å². The average Bonchev–Trinajstić information content (AvgIpc) is 2.60. The summed E-state index contributed by atoms with van der Waals surface area (Å²) in [6, 6.07) is 1.83. The number of fused-ring (bicyclic) bond motifs is 1. The molecular weight excluding hydrogens is 236 g/mol. The highest BCUT2D eigenvalue weighted by Crippen LogP contribution is 2.31. The van der Waals surface area contributed by atoms with E-state index in [1.165, 1.54) is 0 Å². The first-order chi connectivity index (χ1) is 7.88. The molecule has 0 aromatic carbocycles. The fraction of sp³-hybridized carbons (Fsp3) is 0.500. The molecule has 2 rings (SSSR count). The number of rotatable bonds is 0. The van der Waals surface area contributed by atoms with E-state index in [0.29, 0.717) is 12.4 Å². The number of nitrogens with zero attached hydrogens (tertiary/aromatic N) is 2. The number of hydrogen-bond acceptors (Lipinski definition) is 4. The summed E-state index contributed by atoms with van der Waals surface area (Å²) in [6.45, 7) is 6.16. The molecule has 0 spiro atoms. The Bertz CT molecular complexity index is 454. The lowest BCUT2D eigenvalue weighted by Gasteiger charge is -2.24. The lowest BCUT2D eigenvalue weighted by atomic mass is 10.2. The normalized spacial score (nSPS) is 14.7. The first-order valence-corrected chi connectivity index (χ1v) is 6.00. The van der Waals surface area contributed by atoms with Crippen molar-refractivity contribution in [3.05, 3.63) is 17.8 Å². The van der Waals surface area contributed by atoms with Crippen molar-refractivity contribution in [1.82, 2.24) is 4.98 Å². The molecule has 1 aliphatic rings. The number of hydrogen-bond donors (Lipinski definition) is 1. The van der Waals surface area contributed by atoms with Gasteiger partial charge in [-0.15, -0.1) is 12.6 Å². The Morgan fingerprint density at radius 3 is 2.88 bits per heavy atom. The minimum Gasteiger partial charge on any atom is -0.443 e. The Labute approximate surface area is 106 Å². The Kier molecular flexibility index (Phi) is 3.03. The molecule has 0 radical (unpaired) electrons. The maximum Gasteiger partial charge on any atom is 0.416 e. The van der Waals surface area contributed by atoms with Crippen molar-refractivity contribution < 1.29 is 9.53 Å². The fourth-order valence-corrected chi connectivity index (χ4v) is 2.05. The summed E-state index contributed by atoms with van der Waals surface area (Å²) in [6.07, 6.45) is 2.09. The molecule has 2 heterocycles. The molecule has 4 nitrogen and oxygen atoms in total. The van der Waals surface area contributed by atoms with Crippen molar-refractivity contribution in [3.63, 3.8) is 0 Å². The van der Waals surface area contributed by atoms with E-state index in [-0.39, 0.29) is 6.09 Å². The van der Waals surface area contributed by atoms with E-state index in [1.54, 1.807) is 11.1 Å². The molecule has 0 saturated heterocycles. The lowest BCUT2D eigenvalue weighted by molar-refractivity contribution is 0.0583. The molecule has 0 aliphatic carbocycles. The third-order valence-electron chi connectivity index (χ3n) is 2.46. The SMILES string of the molecule is CC(C)(C)OC(=O)N1CCc2c(S)ccnc21. The molecular formula is C12H16N2O2S.